The van der Waals surface area contributed by atoms with E-state index in [-0.39, 0.29) is 17.0 Å². The lowest BCUT2D eigenvalue weighted by atomic mass is 9.77. The fourth-order valence-corrected chi connectivity index (χ4v) is 2.90. The fraction of sp³-hybridized carbons (Fsp3) is 0.263. The van der Waals surface area contributed by atoms with Crippen LogP contribution in [0.5, 0.6) is 0 Å². The predicted molar refractivity (Wildman–Crippen MR) is 89.8 cm³/mol. The van der Waals surface area contributed by atoms with E-state index in [1.807, 2.05) is 56.3 Å². The second-order valence-corrected chi connectivity index (χ2v) is 6.56. The van der Waals surface area contributed by atoms with Gasteiger partial charge in [0, 0.05) is 24.4 Å². The molecule has 0 spiro atoms. The maximum absolute atomic E-state index is 12.2. The van der Waals surface area contributed by atoms with E-state index in [0.717, 1.165) is 16.5 Å². The van der Waals surface area contributed by atoms with E-state index in [1.54, 1.807) is 0 Å². The van der Waals surface area contributed by atoms with Crippen molar-refractivity contribution in [3.63, 3.8) is 0 Å². The molecule has 0 radical (unpaired) electrons. The molecule has 1 N–H and O–H groups in total. The van der Waals surface area contributed by atoms with E-state index in [2.05, 4.69) is 4.99 Å². The first-order valence-corrected chi connectivity index (χ1v) is 7.43. The van der Waals surface area contributed by atoms with Gasteiger partial charge in [-0.2, -0.15) is 0 Å². The summed E-state index contributed by atoms with van der Waals surface area (Å²) in [6, 6.07) is 13.9. The number of aliphatic imine (C=N–C) groups is 1. The van der Waals surface area contributed by atoms with E-state index in [1.165, 1.54) is 6.21 Å². The van der Waals surface area contributed by atoms with Crippen molar-refractivity contribution >= 4 is 28.5 Å². The lowest BCUT2D eigenvalue weighted by Gasteiger charge is -2.28. The van der Waals surface area contributed by atoms with Crippen LogP contribution in [0.15, 0.2) is 58.8 Å². The summed E-state index contributed by atoms with van der Waals surface area (Å²) in [6.45, 7) is 3.97. The molecule has 2 aromatic carbocycles. The van der Waals surface area contributed by atoms with Crippen LogP contribution in [0.1, 0.15) is 26.7 Å². The van der Waals surface area contributed by atoms with Crippen molar-refractivity contribution in [3.05, 3.63) is 53.8 Å². The molecule has 0 atom stereocenters. The van der Waals surface area contributed by atoms with E-state index in [0.29, 0.717) is 18.4 Å². The Balaban J connectivity index is 1.98. The smallest absolute Gasteiger partial charge is 0.168 e. The summed E-state index contributed by atoms with van der Waals surface area (Å²) >= 11 is 0. The minimum Gasteiger partial charge on any atom is -0.511 e. The Morgan fingerprint density at radius 1 is 1.09 bits per heavy atom. The van der Waals surface area contributed by atoms with Crippen LogP contribution in [-0.4, -0.2) is 17.1 Å². The number of fused-ring (bicyclic) bond motifs is 1. The van der Waals surface area contributed by atoms with Crippen LogP contribution in [0.4, 0.5) is 5.69 Å². The second-order valence-electron chi connectivity index (χ2n) is 6.56. The highest BCUT2D eigenvalue weighted by atomic mass is 16.3. The molecular formula is C19H19NO2. The van der Waals surface area contributed by atoms with Crippen molar-refractivity contribution in [2.75, 3.05) is 0 Å². The molecule has 0 fully saturated rings. The fourth-order valence-electron chi connectivity index (χ4n) is 2.90. The van der Waals surface area contributed by atoms with Crippen LogP contribution < -0.4 is 0 Å². The number of Topliss-reactive ketones (excluding diaryl/α,β-unsaturated/α-hetero) is 1. The van der Waals surface area contributed by atoms with Crippen LogP contribution in [-0.2, 0) is 4.79 Å². The number of aliphatic hydroxyl groups excluding tert-OH is 1. The molecule has 1 aliphatic carbocycles. The summed E-state index contributed by atoms with van der Waals surface area (Å²) < 4.78 is 0. The van der Waals surface area contributed by atoms with E-state index < -0.39 is 0 Å². The van der Waals surface area contributed by atoms with Crippen molar-refractivity contribution in [1.82, 2.24) is 0 Å². The Kier molecular flexibility index (Phi) is 3.57. The molecule has 0 aromatic heterocycles. The molecular weight excluding hydrogens is 274 g/mol. The summed E-state index contributed by atoms with van der Waals surface area (Å²) in [5, 5.41) is 12.3. The first-order chi connectivity index (χ1) is 10.5. The Labute approximate surface area is 130 Å². The number of rotatable bonds is 2. The normalized spacial score (nSPS) is 18.4. The third-order valence-corrected chi connectivity index (χ3v) is 4.00. The number of carbonyl (C=O) groups excluding carboxylic acids is 1. The standard InChI is InChI=1S/C19H19NO2/c1-19(2)10-17(21)15(18(22)11-19)12-20-16-9-5-7-13-6-3-4-8-14(13)16/h3-9,12,21H,10-11H2,1-2H3. The number of allylic oxidation sites excluding steroid dienone is 2. The third kappa shape index (κ3) is 2.80. The molecule has 0 aliphatic heterocycles. The molecule has 112 valence electrons. The van der Waals surface area contributed by atoms with Crippen LogP contribution in [0.25, 0.3) is 10.8 Å². The molecule has 2 aromatic rings. The van der Waals surface area contributed by atoms with E-state index in [4.69, 9.17) is 0 Å². The molecule has 22 heavy (non-hydrogen) atoms. The molecule has 3 rings (SSSR count). The Morgan fingerprint density at radius 3 is 2.59 bits per heavy atom. The zero-order chi connectivity index (χ0) is 15.7. The first-order valence-electron chi connectivity index (χ1n) is 7.43. The van der Waals surface area contributed by atoms with E-state index >= 15 is 0 Å². The molecule has 1 aliphatic rings. The topological polar surface area (TPSA) is 49.7 Å². The van der Waals surface area contributed by atoms with Crippen LogP contribution >= 0.6 is 0 Å². The highest BCUT2D eigenvalue weighted by molar-refractivity contribution is 6.15. The van der Waals surface area contributed by atoms with Gasteiger partial charge < -0.3 is 5.11 Å². The largest absolute Gasteiger partial charge is 0.511 e. The summed E-state index contributed by atoms with van der Waals surface area (Å²) in [5.41, 5.74) is 0.959. The number of benzene rings is 2. The highest BCUT2D eigenvalue weighted by Gasteiger charge is 2.32. The van der Waals surface area contributed by atoms with Gasteiger partial charge in [-0.1, -0.05) is 50.2 Å². The summed E-state index contributed by atoms with van der Waals surface area (Å²) in [4.78, 5) is 16.6. The van der Waals surface area contributed by atoms with Gasteiger partial charge in [0.05, 0.1) is 11.3 Å². The highest BCUT2D eigenvalue weighted by Crippen LogP contribution is 2.35. The predicted octanol–water partition coefficient (Wildman–Crippen LogP) is 4.74. The lowest BCUT2D eigenvalue weighted by Crippen LogP contribution is -2.26. The number of nitrogens with zero attached hydrogens (tertiary/aromatic N) is 1. The van der Waals surface area contributed by atoms with Gasteiger partial charge in [0.2, 0.25) is 0 Å². The van der Waals surface area contributed by atoms with Crippen molar-refractivity contribution in [3.8, 4) is 0 Å². The average molecular weight is 293 g/mol. The van der Waals surface area contributed by atoms with Gasteiger partial charge >= 0.3 is 0 Å². The van der Waals surface area contributed by atoms with Crippen molar-refractivity contribution in [2.24, 2.45) is 10.4 Å². The van der Waals surface area contributed by atoms with Crippen LogP contribution in [0.3, 0.4) is 0 Å². The summed E-state index contributed by atoms with van der Waals surface area (Å²) in [7, 11) is 0. The lowest BCUT2D eigenvalue weighted by molar-refractivity contribution is -0.117. The summed E-state index contributed by atoms with van der Waals surface area (Å²) in [6.07, 6.45) is 2.46. The van der Waals surface area contributed by atoms with Crippen LogP contribution in [0, 0.1) is 5.41 Å². The molecule has 0 bridgehead atoms. The first kappa shape index (κ1) is 14.5. The molecule has 0 saturated carbocycles. The minimum absolute atomic E-state index is 0.0438. The zero-order valence-electron chi connectivity index (χ0n) is 12.8. The SMILES string of the molecule is CC1(C)CC(=O)C(C=Nc2cccc3ccccc23)=C(O)C1. The molecule has 3 heteroatoms. The Morgan fingerprint density at radius 2 is 1.82 bits per heavy atom. The maximum atomic E-state index is 12.2. The zero-order valence-corrected chi connectivity index (χ0v) is 12.8. The quantitative estimate of drug-likeness (QED) is 0.813. The third-order valence-electron chi connectivity index (χ3n) is 4.00. The molecule has 0 saturated heterocycles. The number of ketones is 1. The monoisotopic (exact) mass is 293 g/mol. The molecule has 0 amide bonds. The molecule has 0 heterocycles. The van der Waals surface area contributed by atoms with Gasteiger partial charge in [0.1, 0.15) is 5.76 Å². The Bertz CT molecular complexity index is 795. The second kappa shape index (κ2) is 5.41. The Hall–Kier alpha value is -2.42. The summed E-state index contributed by atoms with van der Waals surface area (Å²) in [5.74, 6) is 0.1000. The van der Waals surface area contributed by atoms with Gasteiger partial charge in [-0.15, -0.1) is 0 Å². The number of hydrogen-bond acceptors (Lipinski definition) is 3. The van der Waals surface area contributed by atoms with E-state index in [9.17, 15) is 9.90 Å². The minimum atomic E-state index is -0.183. The molecule has 3 nitrogen and oxygen atoms in total. The van der Waals surface area contributed by atoms with Crippen LogP contribution in [0.2, 0.25) is 0 Å². The maximum Gasteiger partial charge on any atom is 0.168 e. The van der Waals surface area contributed by atoms with Crippen molar-refractivity contribution in [2.45, 2.75) is 26.7 Å². The average Bonchev–Trinajstić information content (AvgIpc) is 2.45. The van der Waals surface area contributed by atoms with Gasteiger partial charge in [-0.3, -0.25) is 9.79 Å². The van der Waals surface area contributed by atoms with Gasteiger partial charge in [0.25, 0.3) is 0 Å². The van der Waals surface area contributed by atoms with Crippen molar-refractivity contribution < 1.29 is 9.90 Å². The van der Waals surface area contributed by atoms with Crippen molar-refractivity contribution in [1.29, 1.82) is 0 Å². The van der Waals surface area contributed by atoms with Gasteiger partial charge in [0.15, 0.2) is 5.78 Å². The number of hydrogen-bond donors (Lipinski definition) is 1. The van der Waals surface area contributed by atoms with Gasteiger partial charge in [-0.05, 0) is 16.9 Å². The number of carbonyl (C=O) groups is 1. The molecule has 0 unspecified atom stereocenters. The number of aliphatic hydroxyl groups is 1. The van der Waals surface area contributed by atoms with Gasteiger partial charge in [-0.25, -0.2) is 0 Å².